The fraction of sp³-hybridized carbons (Fsp3) is 0.478. The zero-order valence-electron chi connectivity index (χ0n) is 17.6. The van der Waals surface area contributed by atoms with Crippen LogP contribution in [-0.4, -0.2) is 27.8 Å². The van der Waals surface area contributed by atoms with Crippen molar-refractivity contribution in [3.8, 4) is 0 Å². The highest BCUT2D eigenvalue weighted by Crippen LogP contribution is 2.41. The molecule has 2 aliphatic rings. The third-order valence-corrected chi connectivity index (χ3v) is 5.99. The molecule has 0 saturated carbocycles. The number of carbonyl (C=O) groups is 1. The van der Waals surface area contributed by atoms with E-state index in [9.17, 15) is 23.1 Å². The van der Waals surface area contributed by atoms with Gasteiger partial charge < -0.3 is 5.11 Å². The molecule has 1 N–H and O–H groups in total. The first kappa shape index (κ1) is 22.3. The molecule has 0 bridgehead atoms. The number of aliphatic hydroxyl groups excluding tert-OH is 1. The summed E-state index contributed by atoms with van der Waals surface area (Å²) in [5.41, 5.74) is 2.12. The van der Waals surface area contributed by atoms with Gasteiger partial charge in [0.15, 0.2) is 0 Å². The molecule has 2 atom stereocenters. The van der Waals surface area contributed by atoms with Crippen molar-refractivity contribution in [2.45, 2.75) is 65.3 Å². The Balaban J connectivity index is 1.89. The summed E-state index contributed by atoms with van der Waals surface area (Å²) in [4.78, 5) is 12.1. The summed E-state index contributed by atoms with van der Waals surface area (Å²) in [7, 11) is 0. The molecular weight excluding hydrogens is 393 g/mol. The van der Waals surface area contributed by atoms with Crippen molar-refractivity contribution in [3.05, 3.63) is 58.7 Å². The number of hydrazone groups is 1. The molecule has 0 spiro atoms. The molecule has 0 radical (unpaired) electrons. The Morgan fingerprint density at radius 1 is 1.30 bits per heavy atom. The van der Waals surface area contributed by atoms with Crippen LogP contribution in [0, 0.1) is 5.41 Å². The molecule has 162 valence electrons. The van der Waals surface area contributed by atoms with E-state index in [1.807, 2.05) is 19.1 Å². The highest BCUT2D eigenvalue weighted by atomic mass is 19.4. The van der Waals surface area contributed by atoms with Crippen molar-refractivity contribution >= 4 is 11.6 Å². The molecule has 0 saturated heterocycles. The fourth-order valence-electron chi connectivity index (χ4n) is 4.20. The summed E-state index contributed by atoms with van der Waals surface area (Å²) in [6.07, 6.45) is 0.695. The predicted octanol–water partition coefficient (Wildman–Crippen LogP) is 5.41. The number of benzene rings is 1. The molecule has 1 heterocycles. The SMILES string of the molecule is CC(=O)N1N=C(C=CC2=C(C)C(O)CCC2(C)C)CC1c1cccc(C(F)(F)F)c1. The Hall–Kier alpha value is -2.41. The number of nitrogens with zero attached hydrogens (tertiary/aromatic N) is 2. The molecule has 1 aliphatic heterocycles. The van der Waals surface area contributed by atoms with Crippen LogP contribution >= 0.6 is 0 Å². The van der Waals surface area contributed by atoms with E-state index in [-0.39, 0.29) is 11.3 Å². The standard InChI is InChI=1S/C23H27F3N2O2/c1-14-19(22(3,4)11-10-21(14)30)9-8-18-13-20(28(27-18)15(2)29)16-6-5-7-17(12-16)23(24,25)26/h5-9,12,20-21,30H,10-11,13H2,1-4H3. The summed E-state index contributed by atoms with van der Waals surface area (Å²) in [5, 5.41) is 15.8. The van der Waals surface area contributed by atoms with Gasteiger partial charge in [0.2, 0.25) is 5.91 Å². The Morgan fingerprint density at radius 2 is 2.00 bits per heavy atom. The monoisotopic (exact) mass is 420 g/mol. The Morgan fingerprint density at radius 3 is 2.63 bits per heavy atom. The zero-order valence-corrected chi connectivity index (χ0v) is 17.6. The van der Waals surface area contributed by atoms with E-state index < -0.39 is 23.9 Å². The van der Waals surface area contributed by atoms with Crippen molar-refractivity contribution in [2.75, 3.05) is 0 Å². The maximum atomic E-state index is 13.1. The second kappa shape index (κ2) is 8.02. The first-order chi connectivity index (χ1) is 13.9. The molecule has 1 aromatic rings. The average Bonchev–Trinajstić information content (AvgIpc) is 3.09. The van der Waals surface area contributed by atoms with Crippen LogP contribution in [0.25, 0.3) is 0 Å². The molecule has 1 amide bonds. The molecule has 1 aliphatic carbocycles. The largest absolute Gasteiger partial charge is 0.416 e. The van der Waals surface area contributed by atoms with Crippen molar-refractivity contribution in [1.82, 2.24) is 5.01 Å². The average molecular weight is 420 g/mol. The minimum absolute atomic E-state index is 0.0975. The van der Waals surface area contributed by atoms with E-state index in [1.54, 1.807) is 6.07 Å². The number of carbonyl (C=O) groups excluding carboxylic acids is 1. The van der Waals surface area contributed by atoms with Crippen LogP contribution in [0.1, 0.15) is 64.1 Å². The van der Waals surface area contributed by atoms with Crippen molar-refractivity contribution in [1.29, 1.82) is 0 Å². The first-order valence-electron chi connectivity index (χ1n) is 10.0. The highest BCUT2D eigenvalue weighted by molar-refractivity contribution is 5.98. The quantitative estimate of drug-likeness (QED) is 0.711. The van der Waals surface area contributed by atoms with E-state index in [0.717, 1.165) is 29.7 Å². The first-order valence-corrected chi connectivity index (χ1v) is 10.0. The Labute approximate surface area is 174 Å². The van der Waals surface area contributed by atoms with Gasteiger partial charge in [0.25, 0.3) is 0 Å². The van der Waals surface area contributed by atoms with Crippen LogP contribution in [0.15, 0.2) is 52.7 Å². The van der Waals surface area contributed by atoms with Crippen molar-refractivity contribution in [2.24, 2.45) is 10.5 Å². The van der Waals surface area contributed by atoms with Crippen LogP contribution in [0.2, 0.25) is 0 Å². The zero-order chi connectivity index (χ0) is 22.3. The maximum Gasteiger partial charge on any atom is 0.416 e. The van der Waals surface area contributed by atoms with Crippen molar-refractivity contribution < 1.29 is 23.1 Å². The number of rotatable bonds is 3. The maximum absolute atomic E-state index is 13.1. The van der Waals surface area contributed by atoms with E-state index in [1.165, 1.54) is 18.0 Å². The van der Waals surface area contributed by atoms with Crippen LogP contribution in [0.5, 0.6) is 0 Å². The molecule has 2 unspecified atom stereocenters. The van der Waals surface area contributed by atoms with Crippen LogP contribution < -0.4 is 0 Å². The number of aliphatic hydroxyl groups is 1. The second-order valence-corrected chi connectivity index (χ2v) is 8.67. The van der Waals surface area contributed by atoms with E-state index in [2.05, 4.69) is 18.9 Å². The molecule has 1 aromatic carbocycles. The van der Waals surface area contributed by atoms with Crippen molar-refractivity contribution in [3.63, 3.8) is 0 Å². The predicted molar refractivity (Wildman–Crippen MR) is 110 cm³/mol. The van der Waals surface area contributed by atoms with Gasteiger partial charge in [-0.1, -0.05) is 32.1 Å². The number of hydrogen-bond acceptors (Lipinski definition) is 3. The van der Waals surface area contributed by atoms with Gasteiger partial charge in [0, 0.05) is 13.3 Å². The van der Waals surface area contributed by atoms with E-state index in [4.69, 9.17) is 0 Å². The lowest BCUT2D eigenvalue weighted by Gasteiger charge is -2.35. The fourth-order valence-corrected chi connectivity index (χ4v) is 4.20. The van der Waals surface area contributed by atoms with Gasteiger partial charge in [-0.15, -0.1) is 0 Å². The Kier molecular flexibility index (Phi) is 5.96. The normalized spacial score (nSPS) is 24.5. The van der Waals surface area contributed by atoms with Gasteiger partial charge >= 0.3 is 6.18 Å². The summed E-state index contributed by atoms with van der Waals surface area (Å²) in [6.45, 7) is 7.50. The van der Waals surface area contributed by atoms with Crippen LogP contribution in [-0.2, 0) is 11.0 Å². The smallest absolute Gasteiger partial charge is 0.389 e. The van der Waals surface area contributed by atoms with Gasteiger partial charge in [0.05, 0.1) is 23.4 Å². The summed E-state index contributed by atoms with van der Waals surface area (Å²) < 4.78 is 39.3. The summed E-state index contributed by atoms with van der Waals surface area (Å²) in [5.74, 6) is -0.329. The van der Waals surface area contributed by atoms with Crippen LogP contribution in [0.3, 0.4) is 0 Å². The number of halogens is 3. The lowest BCUT2D eigenvalue weighted by molar-refractivity contribution is -0.137. The topological polar surface area (TPSA) is 52.9 Å². The molecule has 7 heteroatoms. The van der Waals surface area contributed by atoms with Crippen LogP contribution in [0.4, 0.5) is 13.2 Å². The minimum atomic E-state index is -4.45. The second-order valence-electron chi connectivity index (χ2n) is 8.67. The lowest BCUT2D eigenvalue weighted by atomic mass is 9.71. The lowest BCUT2D eigenvalue weighted by Crippen LogP contribution is -2.27. The number of hydrogen-bond donors (Lipinski definition) is 1. The molecule has 4 nitrogen and oxygen atoms in total. The van der Waals surface area contributed by atoms with Gasteiger partial charge in [-0.05, 0) is 60.1 Å². The van der Waals surface area contributed by atoms with Gasteiger partial charge in [-0.2, -0.15) is 18.3 Å². The minimum Gasteiger partial charge on any atom is -0.389 e. The summed E-state index contributed by atoms with van der Waals surface area (Å²) in [6, 6.07) is 4.46. The number of allylic oxidation sites excluding steroid dienone is 3. The van der Waals surface area contributed by atoms with E-state index in [0.29, 0.717) is 24.1 Å². The molecule has 30 heavy (non-hydrogen) atoms. The van der Waals surface area contributed by atoms with Gasteiger partial charge in [0.1, 0.15) is 0 Å². The molecular formula is C23H27F3N2O2. The Bertz CT molecular complexity index is 929. The molecule has 0 fully saturated rings. The number of amides is 1. The molecule has 0 aromatic heterocycles. The molecule has 3 rings (SSSR count). The van der Waals surface area contributed by atoms with E-state index >= 15 is 0 Å². The third kappa shape index (κ3) is 4.51. The third-order valence-electron chi connectivity index (χ3n) is 5.99. The summed E-state index contributed by atoms with van der Waals surface area (Å²) >= 11 is 0. The van der Waals surface area contributed by atoms with Gasteiger partial charge in [-0.25, -0.2) is 5.01 Å². The number of alkyl halides is 3. The van der Waals surface area contributed by atoms with Gasteiger partial charge in [-0.3, -0.25) is 4.79 Å². The highest BCUT2D eigenvalue weighted by Gasteiger charge is 2.35.